The Morgan fingerprint density at radius 3 is 2.68 bits per heavy atom. The number of thiazole rings is 1. The van der Waals surface area contributed by atoms with E-state index in [9.17, 15) is 13.2 Å². The van der Waals surface area contributed by atoms with E-state index < -0.39 is 11.9 Å². The summed E-state index contributed by atoms with van der Waals surface area (Å²) in [6.07, 6.45) is -2.18. The first-order valence-corrected chi connectivity index (χ1v) is 10.6. The number of halogens is 3. The molecule has 2 rings (SSSR count). The topological polar surface area (TPSA) is 61.8 Å². The number of ether oxygens (including phenoxy) is 1. The number of alkyl halides is 3. The van der Waals surface area contributed by atoms with E-state index in [-0.39, 0.29) is 12.6 Å². The lowest BCUT2D eigenvalue weighted by Gasteiger charge is -2.33. The van der Waals surface area contributed by atoms with E-state index in [1.165, 1.54) is 0 Å². The minimum atomic E-state index is -4.41. The van der Waals surface area contributed by atoms with Crippen LogP contribution in [0.4, 0.5) is 13.2 Å². The number of piperidine rings is 1. The van der Waals surface area contributed by atoms with E-state index in [1.54, 1.807) is 0 Å². The maximum absolute atomic E-state index is 12.7. The van der Waals surface area contributed by atoms with Crippen molar-refractivity contribution in [3.63, 3.8) is 0 Å². The second-order valence-electron chi connectivity index (χ2n) is 7.00. The molecule has 1 aliphatic rings. The lowest BCUT2D eigenvalue weighted by Crippen LogP contribution is -2.49. The number of nitrogens with zero attached hydrogens (tertiary/aromatic N) is 3. The molecule has 0 atom stereocenters. The average molecular weight is 422 g/mol. The molecule has 2 heterocycles. The van der Waals surface area contributed by atoms with Gasteiger partial charge in [0.1, 0.15) is 5.01 Å². The third-order valence-electron chi connectivity index (χ3n) is 4.35. The first kappa shape index (κ1) is 22.9. The zero-order valence-electron chi connectivity index (χ0n) is 16.7. The quantitative estimate of drug-likeness (QED) is 0.499. The molecule has 1 saturated heterocycles. The summed E-state index contributed by atoms with van der Waals surface area (Å²) in [5.74, 6) is 0.618. The Bertz CT molecular complexity index is 613. The van der Waals surface area contributed by atoms with Crippen molar-refractivity contribution in [3.05, 3.63) is 16.1 Å². The summed E-state index contributed by atoms with van der Waals surface area (Å²) in [6, 6.07) is 0.294. The Hall–Kier alpha value is -1.39. The third kappa shape index (κ3) is 7.92. The van der Waals surface area contributed by atoms with Crippen LogP contribution in [0.5, 0.6) is 0 Å². The van der Waals surface area contributed by atoms with Crippen molar-refractivity contribution in [3.8, 4) is 0 Å². The summed E-state index contributed by atoms with van der Waals surface area (Å²) >= 11 is 0.980. The lowest BCUT2D eigenvalue weighted by atomic mass is 10.1. The Kier molecular flexibility index (Phi) is 8.97. The van der Waals surface area contributed by atoms with E-state index >= 15 is 0 Å². The summed E-state index contributed by atoms with van der Waals surface area (Å²) in [5, 5.41) is 7.93. The van der Waals surface area contributed by atoms with Crippen LogP contribution in [0, 0.1) is 0 Å². The Balaban J connectivity index is 1.81. The Morgan fingerprint density at radius 1 is 1.39 bits per heavy atom. The molecule has 160 valence electrons. The molecule has 0 spiro atoms. The molecule has 0 unspecified atom stereocenters. The molecule has 1 aromatic heterocycles. The first-order chi connectivity index (χ1) is 13.3. The molecule has 10 heteroatoms. The Morgan fingerprint density at radius 2 is 2.11 bits per heavy atom. The third-order valence-corrected chi connectivity index (χ3v) is 5.18. The normalized spacial score (nSPS) is 17.3. The highest BCUT2D eigenvalue weighted by Crippen LogP contribution is 2.30. The van der Waals surface area contributed by atoms with Gasteiger partial charge in [-0.05, 0) is 33.6 Å². The van der Waals surface area contributed by atoms with Gasteiger partial charge in [0.15, 0.2) is 11.7 Å². The number of guanidine groups is 1. The van der Waals surface area contributed by atoms with Crippen molar-refractivity contribution < 1.29 is 17.9 Å². The summed E-state index contributed by atoms with van der Waals surface area (Å²) in [5.41, 5.74) is -0.852. The lowest BCUT2D eigenvalue weighted by molar-refractivity contribution is -0.140. The first-order valence-electron chi connectivity index (χ1n) is 9.68. The molecule has 1 fully saturated rings. The fourth-order valence-corrected chi connectivity index (χ4v) is 3.62. The fraction of sp³-hybridized carbons (Fsp3) is 0.778. The van der Waals surface area contributed by atoms with Crippen molar-refractivity contribution in [2.24, 2.45) is 4.99 Å². The number of aliphatic imine (C=N–C) groups is 1. The van der Waals surface area contributed by atoms with Gasteiger partial charge in [-0.2, -0.15) is 13.2 Å². The van der Waals surface area contributed by atoms with Gasteiger partial charge in [-0.3, -0.25) is 0 Å². The van der Waals surface area contributed by atoms with Crippen LogP contribution in [0.15, 0.2) is 10.4 Å². The van der Waals surface area contributed by atoms with Gasteiger partial charge in [-0.25, -0.2) is 9.98 Å². The van der Waals surface area contributed by atoms with Gasteiger partial charge in [0.2, 0.25) is 0 Å². The van der Waals surface area contributed by atoms with Crippen LogP contribution >= 0.6 is 11.3 Å². The van der Waals surface area contributed by atoms with Gasteiger partial charge in [0, 0.05) is 37.6 Å². The van der Waals surface area contributed by atoms with Gasteiger partial charge < -0.3 is 20.3 Å². The minimum absolute atomic E-state index is 0.126. The number of nitrogens with one attached hydrogen (secondary N) is 2. The zero-order chi connectivity index (χ0) is 20.6. The minimum Gasteiger partial charge on any atom is -0.377 e. The maximum Gasteiger partial charge on any atom is 0.434 e. The van der Waals surface area contributed by atoms with Gasteiger partial charge in [0.05, 0.1) is 19.3 Å². The largest absolute Gasteiger partial charge is 0.434 e. The summed E-state index contributed by atoms with van der Waals surface area (Å²) in [4.78, 5) is 10.4. The molecule has 1 aliphatic heterocycles. The van der Waals surface area contributed by atoms with E-state index in [0.717, 1.165) is 55.8 Å². The number of rotatable bonds is 8. The number of aromatic nitrogens is 1. The zero-order valence-corrected chi connectivity index (χ0v) is 17.5. The molecule has 0 aromatic carbocycles. The number of hydrogen-bond donors (Lipinski definition) is 2. The Labute approximate surface area is 168 Å². The van der Waals surface area contributed by atoms with Crippen molar-refractivity contribution >= 4 is 17.3 Å². The van der Waals surface area contributed by atoms with E-state index in [0.29, 0.717) is 23.6 Å². The predicted octanol–water partition coefficient (Wildman–Crippen LogP) is 3.11. The van der Waals surface area contributed by atoms with Gasteiger partial charge >= 0.3 is 6.18 Å². The van der Waals surface area contributed by atoms with Crippen LogP contribution in [-0.4, -0.2) is 60.8 Å². The molecule has 0 radical (unpaired) electrons. The summed E-state index contributed by atoms with van der Waals surface area (Å²) < 4.78 is 43.6. The van der Waals surface area contributed by atoms with Crippen LogP contribution in [-0.2, 0) is 17.5 Å². The van der Waals surface area contributed by atoms with Crippen molar-refractivity contribution in [2.75, 3.05) is 32.8 Å². The van der Waals surface area contributed by atoms with Crippen molar-refractivity contribution in [1.29, 1.82) is 0 Å². The molecule has 6 nitrogen and oxygen atoms in total. The molecule has 0 bridgehead atoms. The van der Waals surface area contributed by atoms with Crippen LogP contribution in [0.25, 0.3) is 0 Å². The van der Waals surface area contributed by atoms with Crippen LogP contribution in [0.3, 0.4) is 0 Å². The van der Waals surface area contributed by atoms with E-state index in [4.69, 9.17) is 4.74 Å². The number of likely N-dealkylation sites (tertiary alicyclic amines) is 1. The predicted molar refractivity (Wildman–Crippen MR) is 106 cm³/mol. The highest BCUT2D eigenvalue weighted by molar-refractivity contribution is 7.09. The number of hydrogen-bond acceptors (Lipinski definition) is 5. The van der Waals surface area contributed by atoms with Crippen LogP contribution < -0.4 is 10.6 Å². The summed E-state index contributed by atoms with van der Waals surface area (Å²) in [7, 11) is 0. The molecule has 28 heavy (non-hydrogen) atoms. The molecular formula is C18H30F3N5OS. The van der Waals surface area contributed by atoms with Gasteiger partial charge in [-0.15, -0.1) is 11.3 Å². The van der Waals surface area contributed by atoms with Crippen LogP contribution in [0.1, 0.15) is 44.3 Å². The molecule has 0 aliphatic carbocycles. The van der Waals surface area contributed by atoms with E-state index in [2.05, 4.69) is 25.5 Å². The van der Waals surface area contributed by atoms with Crippen LogP contribution in [0.2, 0.25) is 0 Å². The highest BCUT2D eigenvalue weighted by Gasteiger charge is 2.33. The molecule has 0 saturated carbocycles. The van der Waals surface area contributed by atoms with E-state index in [1.807, 2.05) is 20.8 Å². The standard InChI is InChI=1S/C18H30F3N5OS/c1-4-22-17(23-11-16-25-15(12-28-16)18(19,20)21)24-14-5-7-26(8-6-14)9-10-27-13(2)3/h12-14H,4-11H2,1-3H3,(H2,22,23,24). The SMILES string of the molecule is CCNC(=NCc1nc(C(F)(F)F)cs1)NC1CCN(CCOC(C)C)CC1. The van der Waals surface area contributed by atoms with Crippen molar-refractivity contribution in [2.45, 2.75) is 58.5 Å². The molecule has 1 aromatic rings. The highest BCUT2D eigenvalue weighted by atomic mass is 32.1. The fourth-order valence-electron chi connectivity index (χ4n) is 2.89. The maximum atomic E-state index is 12.7. The molecule has 0 amide bonds. The van der Waals surface area contributed by atoms with Gasteiger partial charge in [-0.1, -0.05) is 0 Å². The molecule has 2 N–H and O–H groups in total. The second-order valence-corrected chi connectivity index (χ2v) is 7.94. The average Bonchev–Trinajstić information content (AvgIpc) is 3.10. The second kappa shape index (κ2) is 11.0. The monoisotopic (exact) mass is 421 g/mol. The molecular weight excluding hydrogens is 391 g/mol. The van der Waals surface area contributed by atoms with Gasteiger partial charge in [0.25, 0.3) is 0 Å². The smallest absolute Gasteiger partial charge is 0.377 e. The van der Waals surface area contributed by atoms with Crippen molar-refractivity contribution in [1.82, 2.24) is 20.5 Å². The summed E-state index contributed by atoms with van der Waals surface area (Å²) in [6.45, 7) is 10.5.